The van der Waals surface area contributed by atoms with Gasteiger partial charge >= 0.3 is 0 Å². The molecule has 1 heterocycles. The van der Waals surface area contributed by atoms with E-state index in [-0.39, 0.29) is 12.5 Å². The predicted octanol–water partition coefficient (Wildman–Crippen LogP) is 3.59. The lowest BCUT2D eigenvalue weighted by Gasteiger charge is -2.20. The number of hydrogen-bond acceptors (Lipinski definition) is 3. The van der Waals surface area contributed by atoms with Gasteiger partial charge in [0, 0.05) is 23.9 Å². The molecule has 1 amide bonds. The molecule has 0 saturated heterocycles. The molecule has 4 nitrogen and oxygen atoms in total. The molecule has 3 rings (SSSR count). The van der Waals surface area contributed by atoms with Crippen molar-refractivity contribution in [3.63, 3.8) is 0 Å². The minimum absolute atomic E-state index is 0.109. The van der Waals surface area contributed by atoms with E-state index in [1.54, 1.807) is 18.5 Å². The van der Waals surface area contributed by atoms with Gasteiger partial charge in [0.25, 0.3) is 0 Å². The van der Waals surface area contributed by atoms with Crippen molar-refractivity contribution in [1.82, 2.24) is 4.98 Å². The Hall–Kier alpha value is -2.98. The molecule has 0 spiro atoms. The Kier molecular flexibility index (Phi) is 5.14. The normalized spacial score (nSPS) is 12.0. The van der Waals surface area contributed by atoms with Crippen LogP contribution in [0.4, 0.5) is 0 Å². The van der Waals surface area contributed by atoms with Gasteiger partial charge in [-0.05, 0) is 59.9 Å². The van der Waals surface area contributed by atoms with Crippen LogP contribution in [0.1, 0.15) is 38.5 Å². The third-order valence-corrected chi connectivity index (χ3v) is 4.69. The van der Waals surface area contributed by atoms with E-state index >= 15 is 0 Å². The van der Waals surface area contributed by atoms with Crippen molar-refractivity contribution in [2.45, 2.75) is 19.8 Å². The number of aliphatic hydroxyl groups excluding tert-OH is 1. The highest BCUT2D eigenvalue weighted by Crippen LogP contribution is 2.32. The fourth-order valence-electron chi connectivity index (χ4n) is 3.22. The van der Waals surface area contributed by atoms with Crippen LogP contribution in [-0.2, 0) is 0 Å². The summed E-state index contributed by atoms with van der Waals surface area (Å²) in [5, 5.41) is 10.1. The van der Waals surface area contributed by atoms with E-state index in [1.807, 2.05) is 56.3 Å². The summed E-state index contributed by atoms with van der Waals surface area (Å²) in [5.74, 6) is -0.816. The summed E-state index contributed by atoms with van der Waals surface area (Å²) in [6.45, 7) is 3.90. The first-order chi connectivity index (χ1) is 12.5. The first-order valence-corrected chi connectivity index (χ1v) is 8.53. The minimum Gasteiger partial charge on any atom is -0.395 e. The van der Waals surface area contributed by atoms with Crippen LogP contribution in [0, 0.1) is 13.8 Å². The molecule has 3 aromatic rings. The molecular formula is C22H22N2O2. The molecule has 0 aliphatic rings. The molecule has 0 fully saturated rings. The number of pyridine rings is 1. The summed E-state index contributed by atoms with van der Waals surface area (Å²) in [7, 11) is 0. The van der Waals surface area contributed by atoms with Crippen LogP contribution in [0.3, 0.4) is 0 Å². The average Bonchev–Trinajstić information content (AvgIpc) is 2.64. The Balaban J connectivity index is 2.16. The van der Waals surface area contributed by atoms with E-state index < -0.39 is 5.91 Å². The number of benzene rings is 2. The molecule has 4 heteroatoms. The van der Waals surface area contributed by atoms with Gasteiger partial charge in [-0.1, -0.05) is 35.9 Å². The van der Waals surface area contributed by atoms with E-state index in [0.29, 0.717) is 5.56 Å². The second-order valence-corrected chi connectivity index (χ2v) is 6.50. The summed E-state index contributed by atoms with van der Waals surface area (Å²) in [4.78, 5) is 16.1. The number of hydrogen-bond donors (Lipinski definition) is 2. The highest BCUT2D eigenvalue weighted by Gasteiger charge is 2.20. The van der Waals surface area contributed by atoms with E-state index in [2.05, 4.69) is 4.98 Å². The third-order valence-electron chi connectivity index (χ3n) is 4.69. The van der Waals surface area contributed by atoms with Crippen molar-refractivity contribution < 1.29 is 9.90 Å². The number of aliphatic hydroxyl groups is 1. The highest BCUT2D eigenvalue weighted by atomic mass is 16.3. The molecule has 0 radical (unpaired) electrons. The number of primary amides is 1. The number of nitrogens with two attached hydrogens (primary N) is 1. The van der Waals surface area contributed by atoms with Crippen LogP contribution < -0.4 is 5.73 Å². The van der Waals surface area contributed by atoms with E-state index in [0.717, 1.165) is 33.4 Å². The maximum atomic E-state index is 12.0. The monoisotopic (exact) mass is 346 g/mol. The first-order valence-electron chi connectivity index (χ1n) is 8.53. The van der Waals surface area contributed by atoms with Crippen LogP contribution in [0.5, 0.6) is 0 Å². The van der Waals surface area contributed by atoms with Crippen molar-refractivity contribution in [2.24, 2.45) is 5.73 Å². The predicted molar refractivity (Wildman–Crippen MR) is 103 cm³/mol. The molecule has 3 N–H and O–H groups in total. The second kappa shape index (κ2) is 7.50. The zero-order valence-electron chi connectivity index (χ0n) is 14.9. The molecule has 1 aromatic heterocycles. The quantitative estimate of drug-likeness (QED) is 0.741. The van der Waals surface area contributed by atoms with Crippen molar-refractivity contribution in [1.29, 1.82) is 0 Å². The SMILES string of the molecule is Cc1ccc(C(CO)c2cc(-c3ccncc3C)ccc2C(N)=O)cc1. The molecule has 132 valence electrons. The number of aryl methyl sites for hydroxylation is 2. The maximum absolute atomic E-state index is 12.0. The summed E-state index contributed by atoms with van der Waals surface area (Å²) in [6, 6.07) is 15.5. The summed E-state index contributed by atoms with van der Waals surface area (Å²) >= 11 is 0. The topological polar surface area (TPSA) is 76.2 Å². The summed E-state index contributed by atoms with van der Waals surface area (Å²) in [6.07, 6.45) is 3.55. The lowest BCUT2D eigenvalue weighted by atomic mass is 9.86. The van der Waals surface area contributed by atoms with Crippen LogP contribution in [0.2, 0.25) is 0 Å². The molecule has 0 saturated carbocycles. The molecule has 0 aliphatic carbocycles. The molecular weight excluding hydrogens is 324 g/mol. The van der Waals surface area contributed by atoms with Crippen molar-refractivity contribution in [2.75, 3.05) is 6.61 Å². The fraction of sp³-hybridized carbons (Fsp3) is 0.182. The van der Waals surface area contributed by atoms with E-state index in [4.69, 9.17) is 5.73 Å². The van der Waals surface area contributed by atoms with Gasteiger partial charge in [-0.25, -0.2) is 0 Å². The van der Waals surface area contributed by atoms with Crippen LogP contribution in [-0.4, -0.2) is 22.6 Å². The van der Waals surface area contributed by atoms with Crippen LogP contribution >= 0.6 is 0 Å². The zero-order chi connectivity index (χ0) is 18.7. The standard InChI is InChI=1S/C22H22N2O2/c1-14-3-5-16(6-4-14)21(13-25)20-11-17(7-8-19(20)22(23)26)18-9-10-24-12-15(18)2/h3-12,21,25H,13H2,1-2H3,(H2,23,26). The van der Waals surface area contributed by atoms with Crippen molar-refractivity contribution >= 4 is 5.91 Å². The average molecular weight is 346 g/mol. The number of amides is 1. The number of aromatic nitrogens is 1. The highest BCUT2D eigenvalue weighted by molar-refractivity contribution is 5.95. The van der Waals surface area contributed by atoms with E-state index in [1.165, 1.54) is 0 Å². The lowest BCUT2D eigenvalue weighted by Crippen LogP contribution is -2.18. The lowest BCUT2D eigenvalue weighted by molar-refractivity contribution is 0.0999. The van der Waals surface area contributed by atoms with Crippen LogP contribution in [0.15, 0.2) is 60.9 Å². The van der Waals surface area contributed by atoms with Crippen molar-refractivity contribution in [3.05, 3.63) is 88.7 Å². The van der Waals surface area contributed by atoms with E-state index in [9.17, 15) is 9.90 Å². The summed E-state index contributed by atoms with van der Waals surface area (Å²) in [5.41, 5.74) is 11.9. The Morgan fingerprint density at radius 3 is 2.46 bits per heavy atom. The van der Waals surface area contributed by atoms with Gasteiger partial charge in [-0.15, -0.1) is 0 Å². The molecule has 26 heavy (non-hydrogen) atoms. The van der Waals surface area contributed by atoms with Gasteiger partial charge in [0.2, 0.25) is 5.91 Å². The number of carbonyl (C=O) groups is 1. The number of rotatable bonds is 5. The fourth-order valence-corrected chi connectivity index (χ4v) is 3.22. The largest absolute Gasteiger partial charge is 0.395 e. The van der Waals surface area contributed by atoms with Gasteiger partial charge in [0.15, 0.2) is 0 Å². The van der Waals surface area contributed by atoms with Crippen LogP contribution in [0.25, 0.3) is 11.1 Å². The van der Waals surface area contributed by atoms with Gasteiger partial charge in [-0.3, -0.25) is 9.78 Å². The molecule has 0 bridgehead atoms. The number of carbonyl (C=O) groups excluding carboxylic acids is 1. The van der Waals surface area contributed by atoms with Gasteiger partial charge in [0.1, 0.15) is 0 Å². The maximum Gasteiger partial charge on any atom is 0.249 e. The minimum atomic E-state index is -0.497. The Labute approximate surface area is 153 Å². The Morgan fingerprint density at radius 1 is 1.12 bits per heavy atom. The zero-order valence-corrected chi connectivity index (χ0v) is 14.9. The smallest absolute Gasteiger partial charge is 0.249 e. The summed E-state index contributed by atoms with van der Waals surface area (Å²) < 4.78 is 0. The Morgan fingerprint density at radius 2 is 1.85 bits per heavy atom. The molecule has 1 atom stereocenters. The first kappa shape index (κ1) is 17.8. The molecule has 2 aromatic carbocycles. The molecule has 0 aliphatic heterocycles. The van der Waals surface area contributed by atoms with Crippen molar-refractivity contribution in [3.8, 4) is 11.1 Å². The molecule has 1 unspecified atom stereocenters. The second-order valence-electron chi connectivity index (χ2n) is 6.50. The van der Waals surface area contributed by atoms with Gasteiger partial charge < -0.3 is 10.8 Å². The van der Waals surface area contributed by atoms with Gasteiger partial charge in [-0.2, -0.15) is 0 Å². The van der Waals surface area contributed by atoms with Gasteiger partial charge in [0.05, 0.1) is 6.61 Å². The number of nitrogens with zero attached hydrogens (tertiary/aromatic N) is 1. The third kappa shape index (κ3) is 3.51. The Bertz CT molecular complexity index is 933.